The number of benzene rings is 3. The van der Waals surface area contributed by atoms with Crippen molar-refractivity contribution in [2.24, 2.45) is 0 Å². The van der Waals surface area contributed by atoms with Crippen LogP contribution in [-0.2, 0) is 14.8 Å². The summed E-state index contributed by atoms with van der Waals surface area (Å²) in [6.45, 7) is 7.45. The van der Waals surface area contributed by atoms with Gasteiger partial charge in [-0.15, -0.1) is 0 Å². The van der Waals surface area contributed by atoms with Crippen LogP contribution in [0.15, 0.2) is 77.7 Å². The molecule has 0 spiro atoms. The largest absolute Gasteiger partial charge is 0.487 e. The summed E-state index contributed by atoms with van der Waals surface area (Å²) in [7, 11) is -3.95. The number of carbonyl (C=O) groups is 1. The van der Waals surface area contributed by atoms with Crippen LogP contribution in [0.5, 0.6) is 5.75 Å². The van der Waals surface area contributed by atoms with Crippen molar-refractivity contribution in [1.29, 1.82) is 0 Å². The van der Waals surface area contributed by atoms with E-state index < -0.39 is 15.6 Å². The Morgan fingerprint density at radius 3 is 2.41 bits per heavy atom. The van der Waals surface area contributed by atoms with Crippen molar-refractivity contribution in [3.8, 4) is 5.75 Å². The minimum Gasteiger partial charge on any atom is -0.487 e. The molecule has 1 unspecified atom stereocenters. The van der Waals surface area contributed by atoms with Crippen LogP contribution >= 0.6 is 0 Å². The smallest absolute Gasteiger partial charge is 0.264 e. The Kier molecular flexibility index (Phi) is 6.41. The van der Waals surface area contributed by atoms with Gasteiger partial charge in [-0.1, -0.05) is 54.1 Å². The van der Waals surface area contributed by atoms with E-state index in [2.05, 4.69) is 5.32 Å². The van der Waals surface area contributed by atoms with E-state index in [0.29, 0.717) is 12.1 Å². The van der Waals surface area contributed by atoms with Gasteiger partial charge in [0.2, 0.25) is 5.91 Å². The van der Waals surface area contributed by atoms with E-state index in [4.69, 9.17) is 4.74 Å². The lowest BCUT2D eigenvalue weighted by atomic mass is 9.89. The van der Waals surface area contributed by atoms with Crippen LogP contribution in [-0.4, -0.2) is 26.5 Å². The molecular weight excluding hydrogens is 448 g/mol. The highest BCUT2D eigenvalue weighted by molar-refractivity contribution is 7.92. The minimum atomic E-state index is -3.95. The molecule has 1 heterocycles. The molecule has 1 aliphatic heterocycles. The molecule has 0 bridgehead atoms. The molecule has 0 saturated heterocycles. The molecule has 4 rings (SSSR count). The second-order valence-corrected chi connectivity index (χ2v) is 11.2. The Morgan fingerprint density at radius 1 is 1.03 bits per heavy atom. The number of ether oxygens (including phenoxy) is 1. The quantitative estimate of drug-likeness (QED) is 0.546. The molecule has 0 saturated carbocycles. The number of para-hydroxylation sites is 1. The monoisotopic (exact) mass is 478 g/mol. The third kappa shape index (κ3) is 4.94. The third-order valence-electron chi connectivity index (χ3n) is 5.96. The first kappa shape index (κ1) is 23.8. The van der Waals surface area contributed by atoms with Crippen LogP contribution in [0.1, 0.15) is 43.0 Å². The molecule has 1 N–H and O–H groups in total. The number of hydrogen-bond donors (Lipinski definition) is 1. The first-order valence-corrected chi connectivity index (χ1v) is 12.7. The molecule has 3 aromatic rings. The molecule has 7 heteroatoms. The number of aryl methyl sites for hydroxylation is 2. The third-order valence-corrected chi connectivity index (χ3v) is 7.73. The van der Waals surface area contributed by atoms with Crippen molar-refractivity contribution < 1.29 is 17.9 Å². The van der Waals surface area contributed by atoms with E-state index in [0.717, 1.165) is 22.4 Å². The Morgan fingerprint density at radius 2 is 1.71 bits per heavy atom. The fourth-order valence-corrected chi connectivity index (χ4v) is 5.84. The number of rotatable bonds is 6. The Balaban J connectivity index is 1.66. The highest BCUT2D eigenvalue weighted by Crippen LogP contribution is 2.40. The molecule has 0 radical (unpaired) electrons. The SMILES string of the molecule is Cc1ccc2c(c1)C(NC(=O)CN(c1ccccc1C)S(=O)(=O)c1ccccc1)CC(C)(C)O2. The standard InChI is InChI=1S/C27H30N2O4S/c1-19-14-15-25-22(16-19)23(17-27(3,4)33-25)28-26(30)18-29(24-13-9-8-10-20(24)2)34(31,32)21-11-6-5-7-12-21/h5-16,23H,17-18H2,1-4H3,(H,28,30). The number of carbonyl (C=O) groups excluding carboxylic acids is 1. The zero-order valence-electron chi connectivity index (χ0n) is 19.9. The number of sulfonamides is 1. The highest BCUT2D eigenvalue weighted by atomic mass is 32.2. The summed E-state index contributed by atoms with van der Waals surface area (Å²) in [5, 5.41) is 3.08. The predicted octanol–water partition coefficient (Wildman–Crippen LogP) is 4.92. The number of fused-ring (bicyclic) bond motifs is 1. The van der Waals surface area contributed by atoms with Gasteiger partial charge in [0.25, 0.3) is 10.0 Å². The summed E-state index contributed by atoms with van der Waals surface area (Å²) in [4.78, 5) is 13.5. The van der Waals surface area contributed by atoms with Crippen LogP contribution in [0.2, 0.25) is 0 Å². The highest BCUT2D eigenvalue weighted by Gasteiger charge is 2.35. The van der Waals surface area contributed by atoms with Crippen LogP contribution < -0.4 is 14.4 Å². The number of anilines is 1. The average Bonchev–Trinajstić information content (AvgIpc) is 2.78. The van der Waals surface area contributed by atoms with Crippen LogP contribution in [0.4, 0.5) is 5.69 Å². The van der Waals surface area contributed by atoms with E-state index in [1.165, 1.54) is 4.31 Å². The van der Waals surface area contributed by atoms with Gasteiger partial charge in [-0.25, -0.2) is 8.42 Å². The summed E-state index contributed by atoms with van der Waals surface area (Å²) >= 11 is 0. The second-order valence-electron chi connectivity index (χ2n) is 9.34. The van der Waals surface area contributed by atoms with Gasteiger partial charge in [0.15, 0.2) is 0 Å². The zero-order valence-corrected chi connectivity index (χ0v) is 20.7. The lowest BCUT2D eigenvalue weighted by molar-refractivity contribution is -0.120. The van der Waals surface area contributed by atoms with Crippen LogP contribution in [0, 0.1) is 13.8 Å². The number of nitrogens with zero attached hydrogens (tertiary/aromatic N) is 1. The zero-order chi connectivity index (χ0) is 24.5. The molecular formula is C27H30N2O4S. The van der Waals surface area contributed by atoms with E-state index in [1.807, 2.05) is 58.0 Å². The molecule has 6 nitrogen and oxygen atoms in total. The first-order valence-electron chi connectivity index (χ1n) is 11.3. The van der Waals surface area contributed by atoms with E-state index in [9.17, 15) is 13.2 Å². The van der Waals surface area contributed by atoms with Gasteiger partial charge in [0.05, 0.1) is 16.6 Å². The van der Waals surface area contributed by atoms with Crippen molar-refractivity contribution >= 4 is 21.6 Å². The van der Waals surface area contributed by atoms with Gasteiger partial charge < -0.3 is 10.1 Å². The summed E-state index contributed by atoms with van der Waals surface area (Å²) in [5.74, 6) is 0.359. The summed E-state index contributed by atoms with van der Waals surface area (Å²) in [6, 6.07) is 21.0. The maximum absolute atomic E-state index is 13.6. The van der Waals surface area contributed by atoms with Gasteiger partial charge in [-0.2, -0.15) is 0 Å². The molecule has 3 aromatic carbocycles. The Hall–Kier alpha value is -3.32. The average molecular weight is 479 g/mol. The van der Waals surface area contributed by atoms with Gasteiger partial charge in [0, 0.05) is 12.0 Å². The van der Waals surface area contributed by atoms with Gasteiger partial charge >= 0.3 is 0 Å². The van der Waals surface area contributed by atoms with E-state index >= 15 is 0 Å². The second kappa shape index (κ2) is 9.14. The molecule has 0 aliphatic carbocycles. The maximum atomic E-state index is 13.6. The lowest BCUT2D eigenvalue weighted by Crippen LogP contribution is -2.45. The summed E-state index contributed by atoms with van der Waals surface area (Å²) in [6.07, 6.45) is 0.574. The van der Waals surface area contributed by atoms with Crippen LogP contribution in [0.3, 0.4) is 0 Å². The predicted molar refractivity (Wildman–Crippen MR) is 134 cm³/mol. The first-order chi connectivity index (χ1) is 16.1. The fourth-order valence-electron chi connectivity index (χ4n) is 4.34. The van der Waals surface area contributed by atoms with Crippen molar-refractivity contribution in [1.82, 2.24) is 5.32 Å². The molecule has 1 aliphatic rings. The number of amides is 1. The van der Waals surface area contributed by atoms with Crippen molar-refractivity contribution in [3.63, 3.8) is 0 Å². The fraction of sp³-hybridized carbons (Fsp3) is 0.296. The molecule has 34 heavy (non-hydrogen) atoms. The number of nitrogens with one attached hydrogen (secondary N) is 1. The minimum absolute atomic E-state index is 0.138. The molecule has 0 aromatic heterocycles. The van der Waals surface area contributed by atoms with Crippen molar-refractivity contribution in [2.45, 2.75) is 50.7 Å². The molecule has 178 valence electrons. The summed E-state index contributed by atoms with van der Waals surface area (Å²) < 4.78 is 34.5. The van der Waals surface area contributed by atoms with E-state index in [-0.39, 0.29) is 23.4 Å². The maximum Gasteiger partial charge on any atom is 0.264 e. The molecule has 1 amide bonds. The van der Waals surface area contributed by atoms with Gasteiger partial charge in [-0.3, -0.25) is 9.10 Å². The van der Waals surface area contributed by atoms with Crippen LogP contribution in [0.25, 0.3) is 0 Å². The normalized spacial score (nSPS) is 16.8. The van der Waals surface area contributed by atoms with Crippen molar-refractivity contribution in [2.75, 3.05) is 10.8 Å². The van der Waals surface area contributed by atoms with Crippen molar-refractivity contribution in [3.05, 3.63) is 89.5 Å². The molecule has 1 atom stereocenters. The Labute approximate surface area is 201 Å². The number of hydrogen-bond acceptors (Lipinski definition) is 4. The van der Waals surface area contributed by atoms with Gasteiger partial charge in [-0.05, 0) is 57.5 Å². The van der Waals surface area contributed by atoms with E-state index in [1.54, 1.807) is 42.5 Å². The Bertz CT molecular complexity index is 1300. The lowest BCUT2D eigenvalue weighted by Gasteiger charge is -2.38. The summed E-state index contributed by atoms with van der Waals surface area (Å²) in [5.41, 5.74) is 2.75. The molecule has 0 fully saturated rings. The van der Waals surface area contributed by atoms with Gasteiger partial charge in [0.1, 0.15) is 17.9 Å². The topological polar surface area (TPSA) is 75.7 Å².